The lowest BCUT2D eigenvalue weighted by molar-refractivity contribution is -0.125. The van der Waals surface area contributed by atoms with E-state index < -0.39 is 31.0 Å². The zero-order valence-corrected chi connectivity index (χ0v) is 7.39. The van der Waals surface area contributed by atoms with E-state index in [9.17, 15) is 13.6 Å². The zero-order valence-electron chi connectivity index (χ0n) is 7.39. The van der Waals surface area contributed by atoms with Crippen LogP contribution in [0.2, 0.25) is 0 Å². The van der Waals surface area contributed by atoms with Crippen LogP contribution in [0.15, 0.2) is 0 Å². The third-order valence-corrected chi connectivity index (χ3v) is 1.53. The molecule has 0 aromatic carbocycles. The van der Waals surface area contributed by atoms with Crippen molar-refractivity contribution in [3.05, 3.63) is 0 Å². The van der Waals surface area contributed by atoms with Crippen LogP contribution in [-0.4, -0.2) is 36.1 Å². The van der Waals surface area contributed by atoms with E-state index in [2.05, 4.69) is 0 Å². The van der Waals surface area contributed by atoms with Crippen molar-refractivity contribution in [2.75, 3.05) is 13.2 Å². The van der Waals surface area contributed by atoms with Gasteiger partial charge in [0.2, 0.25) is 5.91 Å². The van der Waals surface area contributed by atoms with Crippen LogP contribution in [0.5, 0.6) is 0 Å². The number of hydrogen-bond donors (Lipinski definition) is 3. The summed E-state index contributed by atoms with van der Waals surface area (Å²) in [5.74, 6) is -3.90. The summed E-state index contributed by atoms with van der Waals surface area (Å²) >= 11 is 0. The van der Waals surface area contributed by atoms with Gasteiger partial charge in [-0.2, -0.15) is 0 Å². The molecule has 0 fully saturated rings. The second kappa shape index (κ2) is 5.08. The highest BCUT2D eigenvalue weighted by atomic mass is 19.3. The lowest BCUT2D eigenvalue weighted by Gasteiger charge is -2.15. The molecule has 0 heterocycles. The lowest BCUT2D eigenvalue weighted by atomic mass is 10.2. The number of alkyl halides is 2. The van der Waals surface area contributed by atoms with Crippen molar-refractivity contribution in [1.29, 1.82) is 0 Å². The summed E-state index contributed by atoms with van der Waals surface area (Å²) < 4.78 is 24.8. The van der Waals surface area contributed by atoms with Crippen molar-refractivity contribution >= 4 is 5.91 Å². The molecule has 1 unspecified atom stereocenters. The molecular weight excluding hydrogens is 182 g/mol. The molecule has 0 saturated carbocycles. The molecule has 0 aliphatic heterocycles. The number of halogens is 2. The number of amides is 1. The molecule has 1 atom stereocenters. The third-order valence-electron chi connectivity index (χ3n) is 1.53. The average molecular weight is 196 g/mol. The van der Waals surface area contributed by atoms with E-state index in [0.717, 1.165) is 0 Å². The predicted octanol–water partition coefficient (Wildman–Crippen LogP) is -0.533. The van der Waals surface area contributed by atoms with Gasteiger partial charge >= 0.3 is 0 Å². The molecule has 0 aliphatic rings. The Bertz CT molecular complexity index is 176. The average Bonchev–Trinajstić information content (AvgIpc) is 2.13. The number of rotatable bonds is 5. The highest BCUT2D eigenvalue weighted by Crippen LogP contribution is 2.09. The number of aliphatic hydroxyl groups is 1. The summed E-state index contributed by atoms with van der Waals surface area (Å²) in [6, 6.07) is -0.769. The van der Waals surface area contributed by atoms with Crippen LogP contribution in [-0.2, 0) is 4.79 Å². The van der Waals surface area contributed by atoms with E-state index >= 15 is 0 Å². The first-order valence-electron chi connectivity index (χ1n) is 3.95. The van der Waals surface area contributed by atoms with E-state index in [1.807, 2.05) is 5.32 Å². The SMILES string of the molecule is CCC(N)C(=O)NCC(F)(F)CO. The Morgan fingerprint density at radius 2 is 2.23 bits per heavy atom. The van der Waals surface area contributed by atoms with Crippen LogP contribution in [0.25, 0.3) is 0 Å². The molecule has 6 heteroatoms. The van der Waals surface area contributed by atoms with Crippen molar-refractivity contribution in [2.45, 2.75) is 25.3 Å². The van der Waals surface area contributed by atoms with E-state index in [-0.39, 0.29) is 0 Å². The smallest absolute Gasteiger partial charge is 0.287 e. The molecule has 1 amide bonds. The van der Waals surface area contributed by atoms with Gasteiger partial charge in [0.05, 0.1) is 12.6 Å². The molecule has 0 saturated heterocycles. The van der Waals surface area contributed by atoms with Crippen LogP contribution in [0.4, 0.5) is 8.78 Å². The first-order valence-corrected chi connectivity index (χ1v) is 3.95. The molecule has 0 bridgehead atoms. The van der Waals surface area contributed by atoms with Crippen LogP contribution in [0.1, 0.15) is 13.3 Å². The summed E-state index contributed by atoms with van der Waals surface area (Å²) in [6.07, 6.45) is 0.385. The molecule has 0 aliphatic carbocycles. The van der Waals surface area contributed by atoms with Crippen molar-refractivity contribution in [1.82, 2.24) is 5.32 Å². The summed E-state index contributed by atoms with van der Waals surface area (Å²) in [5, 5.41) is 10.1. The molecule has 0 aromatic rings. The molecule has 0 radical (unpaired) electrons. The Labute approximate surface area is 75.1 Å². The molecule has 78 valence electrons. The fourth-order valence-electron chi connectivity index (χ4n) is 0.589. The number of aliphatic hydroxyl groups excluding tert-OH is 1. The van der Waals surface area contributed by atoms with Gasteiger partial charge in [0.1, 0.15) is 6.61 Å². The first-order chi connectivity index (χ1) is 5.93. The van der Waals surface area contributed by atoms with E-state index in [1.54, 1.807) is 6.92 Å². The van der Waals surface area contributed by atoms with Crippen molar-refractivity contribution in [2.24, 2.45) is 5.73 Å². The third kappa shape index (κ3) is 4.74. The van der Waals surface area contributed by atoms with Crippen LogP contribution < -0.4 is 11.1 Å². The molecular formula is C7H14F2N2O2. The highest BCUT2D eigenvalue weighted by Gasteiger charge is 2.28. The van der Waals surface area contributed by atoms with Gasteiger partial charge in [-0.15, -0.1) is 0 Å². The lowest BCUT2D eigenvalue weighted by Crippen LogP contribution is -2.46. The van der Waals surface area contributed by atoms with Gasteiger partial charge in [-0.3, -0.25) is 4.79 Å². The Morgan fingerprint density at radius 3 is 2.62 bits per heavy atom. The highest BCUT2D eigenvalue weighted by molar-refractivity contribution is 5.81. The second-order valence-electron chi connectivity index (χ2n) is 2.75. The number of carbonyl (C=O) groups is 1. The standard InChI is InChI=1S/C7H14F2N2O2/c1-2-5(10)6(13)11-3-7(8,9)4-12/h5,12H,2-4,10H2,1H3,(H,11,13). The maximum Gasteiger partial charge on any atom is 0.287 e. The summed E-state index contributed by atoms with van der Waals surface area (Å²) in [7, 11) is 0. The molecule has 13 heavy (non-hydrogen) atoms. The maximum atomic E-state index is 12.4. The Balaban J connectivity index is 3.83. The van der Waals surface area contributed by atoms with E-state index in [4.69, 9.17) is 10.8 Å². The fourth-order valence-corrected chi connectivity index (χ4v) is 0.589. The largest absolute Gasteiger partial charge is 0.390 e. The van der Waals surface area contributed by atoms with Gasteiger partial charge < -0.3 is 16.2 Å². The molecule has 4 N–H and O–H groups in total. The van der Waals surface area contributed by atoms with Crippen LogP contribution >= 0.6 is 0 Å². The number of carbonyl (C=O) groups excluding carboxylic acids is 1. The van der Waals surface area contributed by atoms with Gasteiger partial charge in [0.25, 0.3) is 5.92 Å². The van der Waals surface area contributed by atoms with Crippen molar-refractivity contribution in [3.63, 3.8) is 0 Å². The van der Waals surface area contributed by atoms with E-state index in [0.29, 0.717) is 6.42 Å². The van der Waals surface area contributed by atoms with Crippen LogP contribution in [0, 0.1) is 0 Å². The van der Waals surface area contributed by atoms with Gasteiger partial charge in [0.15, 0.2) is 0 Å². The minimum atomic E-state index is -3.27. The number of nitrogens with two attached hydrogens (primary N) is 1. The van der Waals surface area contributed by atoms with E-state index in [1.165, 1.54) is 0 Å². The number of hydrogen-bond acceptors (Lipinski definition) is 3. The second-order valence-corrected chi connectivity index (χ2v) is 2.75. The van der Waals surface area contributed by atoms with Crippen LogP contribution in [0.3, 0.4) is 0 Å². The maximum absolute atomic E-state index is 12.4. The van der Waals surface area contributed by atoms with Gasteiger partial charge in [0, 0.05) is 0 Å². The summed E-state index contributed by atoms with van der Waals surface area (Å²) in [6.45, 7) is -0.487. The minimum Gasteiger partial charge on any atom is -0.390 e. The molecule has 0 aromatic heterocycles. The fraction of sp³-hybridized carbons (Fsp3) is 0.857. The quantitative estimate of drug-likeness (QED) is 0.553. The van der Waals surface area contributed by atoms with Gasteiger partial charge in [-0.25, -0.2) is 8.78 Å². The predicted molar refractivity (Wildman–Crippen MR) is 43.3 cm³/mol. The van der Waals surface area contributed by atoms with Gasteiger partial charge in [-0.05, 0) is 6.42 Å². The first kappa shape index (κ1) is 12.2. The summed E-state index contributed by atoms with van der Waals surface area (Å²) in [4.78, 5) is 10.9. The molecule has 4 nitrogen and oxygen atoms in total. The minimum absolute atomic E-state index is 0.385. The monoisotopic (exact) mass is 196 g/mol. The topological polar surface area (TPSA) is 75.4 Å². The van der Waals surface area contributed by atoms with Crippen molar-refractivity contribution in [3.8, 4) is 0 Å². The number of nitrogens with one attached hydrogen (secondary N) is 1. The van der Waals surface area contributed by atoms with Gasteiger partial charge in [-0.1, -0.05) is 6.92 Å². The molecule has 0 spiro atoms. The zero-order chi connectivity index (χ0) is 10.5. The normalized spacial score (nSPS) is 13.9. The summed E-state index contributed by atoms with van der Waals surface area (Å²) in [5.41, 5.74) is 5.27. The Morgan fingerprint density at radius 1 is 1.69 bits per heavy atom. The molecule has 0 rings (SSSR count). The van der Waals surface area contributed by atoms with Crippen molar-refractivity contribution < 1.29 is 18.7 Å². The Hall–Kier alpha value is -0.750. The Kier molecular flexibility index (Phi) is 4.79.